The van der Waals surface area contributed by atoms with E-state index in [-0.39, 0.29) is 11.4 Å². The average Bonchev–Trinajstić information content (AvgIpc) is 3.19. The Labute approximate surface area is 158 Å². The van der Waals surface area contributed by atoms with Gasteiger partial charge in [-0.3, -0.25) is 9.59 Å². The molecule has 0 bridgehead atoms. The highest BCUT2D eigenvalue weighted by atomic mass is 32.2. The number of aromatic nitrogens is 1. The fourth-order valence-corrected chi connectivity index (χ4v) is 4.69. The van der Waals surface area contributed by atoms with Crippen LogP contribution in [-0.2, 0) is 27.8 Å². The molecule has 7 nitrogen and oxygen atoms in total. The Morgan fingerprint density at radius 1 is 1.11 bits per heavy atom. The van der Waals surface area contributed by atoms with E-state index in [1.54, 1.807) is 12.1 Å². The lowest BCUT2D eigenvalue weighted by molar-refractivity contribution is -0.116. The predicted octanol–water partition coefficient (Wildman–Crippen LogP) is 1.83. The van der Waals surface area contributed by atoms with Crippen LogP contribution >= 0.6 is 0 Å². The van der Waals surface area contributed by atoms with Gasteiger partial charge < -0.3 is 9.88 Å². The van der Waals surface area contributed by atoms with Crippen molar-refractivity contribution in [2.24, 2.45) is 0 Å². The van der Waals surface area contributed by atoms with E-state index in [0.29, 0.717) is 18.8 Å². The van der Waals surface area contributed by atoms with Crippen molar-refractivity contribution in [2.75, 3.05) is 18.4 Å². The number of aryl methyl sites for hydroxylation is 1. The van der Waals surface area contributed by atoms with Crippen LogP contribution in [0, 0.1) is 0 Å². The molecule has 0 unspecified atom stereocenters. The predicted molar refractivity (Wildman–Crippen MR) is 103 cm³/mol. The minimum absolute atomic E-state index is 0.252. The number of carbonyl (C=O) groups excluding carboxylic acids is 1. The number of benzene rings is 1. The highest BCUT2D eigenvalue weighted by molar-refractivity contribution is 7.89. The molecule has 0 aliphatic carbocycles. The maximum Gasteiger partial charge on any atom is 0.271 e. The van der Waals surface area contributed by atoms with Crippen molar-refractivity contribution in [3.05, 3.63) is 58.5 Å². The van der Waals surface area contributed by atoms with E-state index in [2.05, 4.69) is 5.32 Å². The molecule has 1 N–H and O–H groups in total. The van der Waals surface area contributed by atoms with Gasteiger partial charge in [0.2, 0.25) is 15.9 Å². The SMILES string of the molecule is CCc1ccc(NC(=O)Cn2cccc(S(=O)(=O)N3CCCC3)c2=O)cc1. The second-order valence-electron chi connectivity index (χ2n) is 6.52. The summed E-state index contributed by atoms with van der Waals surface area (Å²) in [6.07, 6.45) is 3.91. The summed E-state index contributed by atoms with van der Waals surface area (Å²) in [6.45, 7) is 2.64. The van der Waals surface area contributed by atoms with Crippen molar-refractivity contribution in [1.82, 2.24) is 8.87 Å². The van der Waals surface area contributed by atoms with E-state index in [4.69, 9.17) is 0 Å². The minimum Gasteiger partial charge on any atom is -0.325 e. The van der Waals surface area contributed by atoms with E-state index in [0.717, 1.165) is 29.4 Å². The number of nitrogens with one attached hydrogen (secondary N) is 1. The fourth-order valence-electron chi connectivity index (χ4n) is 3.08. The maximum atomic E-state index is 12.7. The normalized spacial score (nSPS) is 15.0. The largest absolute Gasteiger partial charge is 0.325 e. The van der Waals surface area contributed by atoms with Crippen LogP contribution in [-0.4, -0.2) is 36.3 Å². The van der Waals surface area contributed by atoms with Crippen LogP contribution in [0.15, 0.2) is 52.3 Å². The van der Waals surface area contributed by atoms with Gasteiger partial charge in [0.1, 0.15) is 11.4 Å². The van der Waals surface area contributed by atoms with Crippen molar-refractivity contribution in [1.29, 1.82) is 0 Å². The van der Waals surface area contributed by atoms with Crippen LogP contribution in [0.2, 0.25) is 0 Å². The summed E-state index contributed by atoms with van der Waals surface area (Å²) in [6, 6.07) is 10.2. The van der Waals surface area contributed by atoms with Gasteiger partial charge in [-0.05, 0) is 49.1 Å². The zero-order valence-electron chi connectivity index (χ0n) is 15.2. The number of amides is 1. The van der Waals surface area contributed by atoms with Gasteiger partial charge in [0.15, 0.2) is 0 Å². The molecule has 0 radical (unpaired) electrons. The number of carbonyl (C=O) groups is 1. The molecule has 1 aromatic carbocycles. The first-order valence-corrected chi connectivity index (χ1v) is 10.4. The molecule has 1 aliphatic heterocycles. The second-order valence-corrected chi connectivity index (χ2v) is 8.42. The summed E-state index contributed by atoms with van der Waals surface area (Å²) >= 11 is 0. The molecular weight excluding hydrogens is 366 g/mol. The van der Waals surface area contributed by atoms with Crippen molar-refractivity contribution >= 4 is 21.6 Å². The van der Waals surface area contributed by atoms with Crippen LogP contribution in [0.5, 0.6) is 0 Å². The minimum atomic E-state index is -3.83. The van der Waals surface area contributed by atoms with Gasteiger partial charge in [-0.15, -0.1) is 0 Å². The van der Waals surface area contributed by atoms with Crippen LogP contribution in [0.4, 0.5) is 5.69 Å². The molecule has 1 amide bonds. The number of hydrogen-bond donors (Lipinski definition) is 1. The Kier molecular flexibility index (Phi) is 5.76. The topological polar surface area (TPSA) is 88.5 Å². The highest BCUT2D eigenvalue weighted by Crippen LogP contribution is 2.18. The number of nitrogens with zero attached hydrogens (tertiary/aromatic N) is 2. The first kappa shape index (κ1) is 19.3. The molecule has 8 heteroatoms. The molecule has 0 saturated carbocycles. The summed E-state index contributed by atoms with van der Waals surface area (Å²) in [5.41, 5.74) is 1.11. The molecular formula is C19H23N3O4S. The first-order valence-electron chi connectivity index (χ1n) is 9.00. The second kappa shape index (κ2) is 8.06. The van der Waals surface area contributed by atoms with E-state index in [9.17, 15) is 18.0 Å². The Hall–Kier alpha value is -2.45. The van der Waals surface area contributed by atoms with E-state index < -0.39 is 21.5 Å². The fraction of sp³-hybridized carbons (Fsp3) is 0.368. The van der Waals surface area contributed by atoms with Crippen LogP contribution in [0.25, 0.3) is 0 Å². The van der Waals surface area contributed by atoms with Crippen LogP contribution < -0.4 is 10.9 Å². The van der Waals surface area contributed by atoms with Gasteiger partial charge >= 0.3 is 0 Å². The average molecular weight is 389 g/mol. The molecule has 2 heterocycles. The molecule has 1 aliphatic rings. The first-order chi connectivity index (χ1) is 12.9. The zero-order valence-corrected chi connectivity index (χ0v) is 16.0. The standard InChI is InChI=1S/C19H23N3O4S/c1-2-15-7-9-16(10-8-15)20-18(23)14-21-11-5-6-17(19(21)24)27(25,26)22-12-3-4-13-22/h5-11H,2-4,12-14H2,1H3,(H,20,23). The lowest BCUT2D eigenvalue weighted by Crippen LogP contribution is -2.36. The summed E-state index contributed by atoms with van der Waals surface area (Å²) < 4.78 is 27.8. The van der Waals surface area contributed by atoms with Gasteiger partial charge in [0.25, 0.3) is 5.56 Å². The third kappa shape index (κ3) is 4.28. The quantitative estimate of drug-likeness (QED) is 0.816. The van der Waals surface area contributed by atoms with Crippen LogP contribution in [0.3, 0.4) is 0 Å². The smallest absolute Gasteiger partial charge is 0.271 e. The summed E-state index contributed by atoms with van der Waals surface area (Å²) in [5.74, 6) is -0.392. The van der Waals surface area contributed by atoms with E-state index in [1.165, 1.54) is 22.6 Å². The van der Waals surface area contributed by atoms with Crippen molar-refractivity contribution in [2.45, 2.75) is 37.6 Å². The molecule has 2 aromatic rings. The molecule has 0 atom stereocenters. The number of hydrogen-bond acceptors (Lipinski definition) is 4. The number of pyridine rings is 1. The van der Waals surface area contributed by atoms with Gasteiger partial charge in [-0.1, -0.05) is 19.1 Å². The number of rotatable bonds is 6. The van der Waals surface area contributed by atoms with Gasteiger partial charge in [0, 0.05) is 25.0 Å². The summed E-state index contributed by atoms with van der Waals surface area (Å²) in [5, 5.41) is 2.72. The van der Waals surface area contributed by atoms with Crippen molar-refractivity contribution in [3.8, 4) is 0 Å². The molecule has 27 heavy (non-hydrogen) atoms. The Balaban J connectivity index is 1.77. The number of sulfonamides is 1. The van der Waals surface area contributed by atoms with E-state index in [1.807, 2.05) is 19.1 Å². The van der Waals surface area contributed by atoms with Gasteiger partial charge in [-0.2, -0.15) is 4.31 Å². The molecule has 1 fully saturated rings. The van der Waals surface area contributed by atoms with Gasteiger partial charge in [-0.25, -0.2) is 8.42 Å². The Morgan fingerprint density at radius 3 is 2.41 bits per heavy atom. The lowest BCUT2D eigenvalue weighted by atomic mass is 10.1. The maximum absolute atomic E-state index is 12.7. The monoisotopic (exact) mass is 389 g/mol. The summed E-state index contributed by atoms with van der Waals surface area (Å²) in [4.78, 5) is 24.6. The Bertz CT molecular complexity index is 975. The molecule has 1 aromatic heterocycles. The zero-order chi connectivity index (χ0) is 19.4. The summed E-state index contributed by atoms with van der Waals surface area (Å²) in [7, 11) is -3.83. The van der Waals surface area contributed by atoms with Gasteiger partial charge in [0.05, 0.1) is 0 Å². The van der Waals surface area contributed by atoms with Crippen LogP contribution in [0.1, 0.15) is 25.3 Å². The number of anilines is 1. The third-order valence-corrected chi connectivity index (χ3v) is 6.54. The molecule has 144 valence electrons. The molecule has 1 saturated heterocycles. The van der Waals surface area contributed by atoms with Crippen molar-refractivity contribution in [3.63, 3.8) is 0 Å². The van der Waals surface area contributed by atoms with E-state index >= 15 is 0 Å². The highest BCUT2D eigenvalue weighted by Gasteiger charge is 2.29. The Morgan fingerprint density at radius 2 is 1.78 bits per heavy atom. The molecule has 3 rings (SSSR count). The molecule has 0 spiro atoms. The lowest BCUT2D eigenvalue weighted by Gasteiger charge is -2.16. The van der Waals surface area contributed by atoms with Crippen molar-refractivity contribution < 1.29 is 13.2 Å². The third-order valence-electron chi connectivity index (χ3n) is 4.63.